The van der Waals surface area contributed by atoms with Crippen molar-refractivity contribution in [3.05, 3.63) is 119 Å². The largest absolute Gasteiger partial charge is 0.483 e. The van der Waals surface area contributed by atoms with Gasteiger partial charge in [-0.15, -0.1) is 12.4 Å². The topological polar surface area (TPSA) is 50.6 Å². The molecule has 8 heteroatoms. The number of piperidine rings is 1. The first-order valence-electron chi connectivity index (χ1n) is 13.4. The van der Waals surface area contributed by atoms with Crippen molar-refractivity contribution in [1.29, 1.82) is 0 Å². The summed E-state index contributed by atoms with van der Waals surface area (Å²) in [6.07, 6.45) is 4.14. The lowest BCUT2D eigenvalue weighted by Gasteiger charge is -2.42. The maximum atomic E-state index is 12.0. The van der Waals surface area contributed by atoms with Gasteiger partial charge in [-0.3, -0.25) is 14.4 Å². The van der Waals surface area contributed by atoms with Crippen LogP contribution in [0.5, 0.6) is 5.75 Å². The number of ether oxygens (including phenoxy) is 1. The summed E-state index contributed by atoms with van der Waals surface area (Å²) in [5, 5.41) is 5.42. The second-order valence-electron chi connectivity index (χ2n) is 10.4. The van der Waals surface area contributed by atoms with E-state index < -0.39 is 0 Å². The number of carbonyl (C=O) groups excluding carboxylic acids is 1. The maximum Gasteiger partial charge on any atom is 0.259 e. The average Bonchev–Trinajstić information content (AvgIpc) is 3.41. The van der Waals surface area contributed by atoms with Crippen LogP contribution < -0.4 is 4.74 Å². The summed E-state index contributed by atoms with van der Waals surface area (Å²) in [6.45, 7) is 3.33. The zero-order chi connectivity index (χ0) is 27.2. The number of likely N-dealkylation sites (tertiary alicyclic amines) is 1. The fourth-order valence-electron chi connectivity index (χ4n) is 5.39. The van der Waals surface area contributed by atoms with Gasteiger partial charge in [0.2, 0.25) is 0 Å². The van der Waals surface area contributed by atoms with Crippen molar-refractivity contribution >= 4 is 29.9 Å². The Kier molecular flexibility index (Phi) is 9.90. The van der Waals surface area contributed by atoms with E-state index in [2.05, 4.69) is 71.6 Å². The molecule has 3 aromatic carbocycles. The van der Waals surface area contributed by atoms with E-state index in [1.807, 2.05) is 23.0 Å². The lowest BCUT2D eigenvalue weighted by molar-refractivity contribution is -0.130. The highest BCUT2D eigenvalue weighted by Crippen LogP contribution is 2.41. The van der Waals surface area contributed by atoms with Gasteiger partial charge in [0, 0.05) is 42.8 Å². The Balaban J connectivity index is 0.00000370. The summed E-state index contributed by atoms with van der Waals surface area (Å²) in [7, 11) is 3.42. The van der Waals surface area contributed by atoms with Crippen LogP contribution in [0.2, 0.25) is 5.02 Å². The van der Waals surface area contributed by atoms with E-state index in [9.17, 15) is 4.79 Å². The van der Waals surface area contributed by atoms with E-state index in [0.717, 1.165) is 43.7 Å². The second-order valence-corrected chi connectivity index (χ2v) is 10.9. The molecular formula is C32H36Cl2N4O2. The van der Waals surface area contributed by atoms with Crippen LogP contribution in [0.3, 0.4) is 0 Å². The Bertz CT molecular complexity index is 1340. The van der Waals surface area contributed by atoms with Crippen molar-refractivity contribution in [3.8, 4) is 5.75 Å². The molecule has 0 bridgehead atoms. The molecule has 40 heavy (non-hydrogen) atoms. The number of carbonyl (C=O) groups is 1. The van der Waals surface area contributed by atoms with E-state index in [4.69, 9.17) is 21.4 Å². The summed E-state index contributed by atoms with van der Waals surface area (Å²) in [5.74, 6) is 0.497. The number of rotatable bonds is 9. The van der Waals surface area contributed by atoms with Crippen LogP contribution >= 0.6 is 24.0 Å². The molecule has 0 atom stereocenters. The molecule has 210 valence electrons. The average molecular weight is 580 g/mol. The first kappa shape index (κ1) is 29.7. The zero-order valence-electron chi connectivity index (χ0n) is 23.0. The van der Waals surface area contributed by atoms with Crippen LogP contribution in [-0.2, 0) is 23.3 Å². The Labute approximate surface area is 247 Å². The van der Waals surface area contributed by atoms with Crippen molar-refractivity contribution < 1.29 is 9.53 Å². The van der Waals surface area contributed by atoms with Crippen molar-refractivity contribution in [2.75, 3.05) is 33.8 Å². The number of nitrogens with zero attached hydrogens (tertiary/aromatic N) is 4. The summed E-state index contributed by atoms with van der Waals surface area (Å²) in [4.78, 5) is 16.0. The molecule has 1 fully saturated rings. The van der Waals surface area contributed by atoms with Gasteiger partial charge < -0.3 is 9.64 Å². The summed E-state index contributed by atoms with van der Waals surface area (Å²) in [6, 6.07) is 29.5. The molecule has 0 unspecified atom stereocenters. The number of hydrogen-bond donors (Lipinski definition) is 0. The van der Waals surface area contributed by atoms with Crippen LogP contribution in [0.4, 0.5) is 0 Å². The van der Waals surface area contributed by atoms with Gasteiger partial charge in [-0.2, -0.15) is 5.10 Å². The van der Waals surface area contributed by atoms with E-state index in [1.165, 1.54) is 16.0 Å². The minimum absolute atomic E-state index is 0. The number of amides is 1. The van der Waals surface area contributed by atoms with E-state index in [-0.39, 0.29) is 30.3 Å². The monoisotopic (exact) mass is 578 g/mol. The molecule has 0 radical (unpaired) electrons. The minimum atomic E-state index is -0.104. The lowest BCUT2D eigenvalue weighted by Crippen LogP contribution is -2.43. The zero-order valence-corrected chi connectivity index (χ0v) is 24.6. The lowest BCUT2D eigenvalue weighted by atomic mass is 9.68. The van der Waals surface area contributed by atoms with Crippen molar-refractivity contribution in [3.63, 3.8) is 0 Å². The fraction of sp³-hybridized carbons (Fsp3) is 0.312. The van der Waals surface area contributed by atoms with Crippen LogP contribution in [0.15, 0.2) is 91.1 Å². The molecule has 0 N–H and O–H groups in total. The summed E-state index contributed by atoms with van der Waals surface area (Å²) in [5.41, 5.74) is 4.80. The highest BCUT2D eigenvalue weighted by molar-refractivity contribution is 6.30. The molecule has 0 aliphatic carbocycles. The summed E-state index contributed by atoms with van der Waals surface area (Å²) < 4.78 is 7.73. The minimum Gasteiger partial charge on any atom is -0.483 e. The molecule has 5 rings (SSSR count). The third-order valence-electron chi connectivity index (χ3n) is 7.66. The highest BCUT2D eigenvalue weighted by atomic mass is 35.5. The van der Waals surface area contributed by atoms with Gasteiger partial charge in [-0.05, 0) is 55.3 Å². The molecule has 4 aromatic rings. The van der Waals surface area contributed by atoms with Gasteiger partial charge in [0.1, 0.15) is 5.75 Å². The number of hydrogen-bond acceptors (Lipinski definition) is 4. The molecule has 1 amide bonds. The number of aromatic nitrogens is 2. The molecule has 6 nitrogen and oxygen atoms in total. The first-order valence-corrected chi connectivity index (χ1v) is 13.8. The molecule has 1 aliphatic rings. The first-order chi connectivity index (χ1) is 18.9. The van der Waals surface area contributed by atoms with Gasteiger partial charge >= 0.3 is 0 Å². The van der Waals surface area contributed by atoms with Crippen LogP contribution in [0, 0.1) is 0 Å². The third kappa shape index (κ3) is 6.87. The van der Waals surface area contributed by atoms with Gasteiger partial charge in [-0.25, -0.2) is 0 Å². The van der Waals surface area contributed by atoms with Gasteiger partial charge in [0.15, 0.2) is 6.61 Å². The molecule has 1 aromatic heterocycles. The molecule has 1 aliphatic heterocycles. The molecule has 2 heterocycles. The second kappa shape index (κ2) is 13.4. The smallest absolute Gasteiger partial charge is 0.259 e. The Morgan fingerprint density at radius 3 is 2.15 bits per heavy atom. The SMILES string of the molecule is CN(C)C(=O)COc1cc(Cl)ccc1Cn1ccc(CN2CCC(c3ccccc3)(c3ccccc3)CC2)n1.Cl. The fourth-order valence-corrected chi connectivity index (χ4v) is 5.56. The molecular weight excluding hydrogens is 543 g/mol. The summed E-state index contributed by atoms with van der Waals surface area (Å²) >= 11 is 6.21. The predicted molar refractivity (Wildman–Crippen MR) is 162 cm³/mol. The predicted octanol–water partition coefficient (Wildman–Crippen LogP) is 6.06. The van der Waals surface area contributed by atoms with Gasteiger partial charge in [0.25, 0.3) is 5.91 Å². The number of likely N-dealkylation sites (N-methyl/N-ethyl adjacent to an activating group) is 1. The Morgan fingerprint density at radius 2 is 1.55 bits per heavy atom. The van der Waals surface area contributed by atoms with E-state index >= 15 is 0 Å². The van der Waals surface area contributed by atoms with Gasteiger partial charge in [-0.1, -0.05) is 78.3 Å². The standard InChI is InChI=1S/C32H35ClN4O2.ClH/c1-35(2)31(38)24-39-30-21-28(33)14-13-25(30)22-37-18-15-29(34-37)23-36-19-16-32(17-20-36,26-9-5-3-6-10-26)27-11-7-4-8-12-27;/h3-15,18,21H,16-17,19-20,22-24H2,1-2H3;1H. The van der Waals surface area contributed by atoms with Gasteiger partial charge in [0.05, 0.1) is 12.2 Å². The van der Waals surface area contributed by atoms with E-state index in [0.29, 0.717) is 17.3 Å². The molecule has 1 saturated heterocycles. The van der Waals surface area contributed by atoms with Crippen molar-refractivity contribution in [2.45, 2.75) is 31.3 Å². The molecule has 0 saturated carbocycles. The quantitative estimate of drug-likeness (QED) is 0.242. The van der Waals surface area contributed by atoms with Crippen LogP contribution in [-0.4, -0.2) is 59.3 Å². The van der Waals surface area contributed by atoms with Crippen molar-refractivity contribution in [2.24, 2.45) is 0 Å². The maximum absolute atomic E-state index is 12.0. The van der Waals surface area contributed by atoms with Crippen LogP contribution in [0.25, 0.3) is 0 Å². The third-order valence-corrected chi connectivity index (χ3v) is 7.89. The highest BCUT2D eigenvalue weighted by Gasteiger charge is 2.37. The van der Waals surface area contributed by atoms with E-state index in [1.54, 1.807) is 20.2 Å². The number of halogens is 2. The Hall–Kier alpha value is -3.32. The number of benzene rings is 3. The van der Waals surface area contributed by atoms with Crippen LogP contribution in [0.1, 0.15) is 35.2 Å². The normalized spacial score (nSPS) is 14.8. The van der Waals surface area contributed by atoms with Crippen molar-refractivity contribution in [1.82, 2.24) is 19.6 Å². The molecule has 0 spiro atoms. The Morgan fingerprint density at radius 1 is 0.925 bits per heavy atom.